The molecule has 0 amide bonds. The van der Waals surface area contributed by atoms with Gasteiger partial charge in [-0.2, -0.15) is 0 Å². The maximum Gasteiger partial charge on any atom is 0.0389 e. The van der Waals surface area contributed by atoms with Gasteiger partial charge in [0.25, 0.3) is 0 Å². The lowest BCUT2D eigenvalue weighted by atomic mass is 9.96. The van der Waals surface area contributed by atoms with E-state index in [0.717, 1.165) is 12.1 Å². The summed E-state index contributed by atoms with van der Waals surface area (Å²) in [7, 11) is 0. The van der Waals surface area contributed by atoms with Crippen molar-refractivity contribution >= 4 is 28.3 Å². The Bertz CT molecular complexity index is 313. The van der Waals surface area contributed by atoms with Gasteiger partial charge < -0.3 is 5.73 Å². The maximum atomic E-state index is 6.06. The molecule has 1 aromatic carbocycles. The van der Waals surface area contributed by atoms with Crippen LogP contribution in [0, 0.1) is 24.3 Å². The van der Waals surface area contributed by atoms with Crippen LogP contribution in [0.2, 0.25) is 0 Å². The minimum atomic E-state index is 0.981. The van der Waals surface area contributed by atoms with Crippen LogP contribution in [0.3, 0.4) is 0 Å². The molecule has 0 fully saturated rings. The summed E-state index contributed by atoms with van der Waals surface area (Å²) < 4.78 is 1.31. The molecule has 1 nitrogen and oxygen atoms in total. The number of rotatable bonds is 1. The predicted molar refractivity (Wildman–Crippen MR) is 67.2 cm³/mol. The Morgan fingerprint density at radius 3 is 2.08 bits per heavy atom. The molecule has 0 spiro atoms. The van der Waals surface area contributed by atoms with Crippen LogP contribution in [-0.4, -0.2) is 0 Å². The van der Waals surface area contributed by atoms with Gasteiger partial charge in [-0.1, -0.05) is 6.92 Å². The second-order valence-corrected chi connectivity index (χ2v) is 4.51. The number of nitrogens with two attached hydrogens (primary N) is 1. The van der Waals surface area contributed by atoms with E-state index in [1.54, 1.807) is 0 Å². The van der Waals surface area contributed by atoms with Crippen LogP contribution in [0.1, 0.15) is 29.2 Å². The Kier molecular flexibility index (Phi) is 3.22. The molecule has 1 rings (SSSR count). The summed E-state index contributed by atoms with van der Waals surface area (Å²) in [5.74, 6) is 0. The van der Waals surface area contributed by atoms with Gasteiger partial charge in [0.15, 0.2) is 0 Å². The minimum absolute atomic E-state index is 0.981. The van der Waals surface area contributed by atoms with Gasteiger partial charge in [-0.05, 0) is 72.0 Å². The first-order chi connectivity index (χ1) is 6.00. The first-order valence-electron chi connectivity index (χ1n) is 4.54. The Labute approximate surface area is 93.9 Å². The van der Waals surface area contributed by atoms with E-state index in [2.05, 4.69) is 50.3 Å². The lowest BCUT2D eigenvalue weighted by molar-refractivity contribution is 1.08. The summed E-state index contributed by atoms with van der Waals surface area (Å²) in [6.45, 7) is 8.59. The van der Waals surface area contributed by atoms with Crippen LogP contribution in [0.5, 0.6) is 0 Å². The fourth-order valence-electron chi connectivity index (χ4n) is 1.67. The highest BCUT2D eigenvalue weighted by molar-refractivity contribution is 14.1. The number of hydrogen-bond acceptors (Lipinski definition) is 1. The van der Waals surface area contributed by atoms with Crippen molar-refractivity contribution in [1.29, 1.82) is 0 Å². The number of anilines is 1. The van der Waals surface area contributed by atoms with Crippen LogP contribution in [0.25, 0.3) is 0 Å². The molecule has 0 saturated carbocycles. The number of nitrogen functional groups attached to an aromatic ring is 1. The molecule has 72 valence electrons. The van der Waals surface area contributed by atoms with Gasteiger partial charge in [0.05, 0.1) is 0 Å². The second-order valence-electron chi connectivity index (χ2n) is 3.43. The highest BCUT2D eigenvalue weighted by Crippen LogP contribution is 2.30. The van der Waals surface area contributed by atoms with Crippen LogP contribution in [0.4, 0.5) is 5.69 Å². The minimum Gasteiger partial charge on any atom is -0.398 e. The summed E-state index contributed by atoms with van der Waals surface area (Å²) >= 11 is 2.37. The summed E-state index contributed by atoms with van der Waals surface area (Å²) in [6.07, 6.45) is 1.02. The maximum absolute atomic E-state index is 6.06. The fraction of sp³-hybridized carbons (Fsp3) is 0.455. The molecular weight excluding hydrogens is 273 g/mol. The van der Waals surface area contributed by atoms with Gasteiger partial charge in [0.2, 0.25) is 0 Å². The van der Waals surface area contributed by atoms with Gasteiger partial charge in [0.1, 0.15) is 0 Å². The van der Waals surface area contributed by atoms with Gasteiger partial charge in [0, 0.05) is 9.26 Å². The zero-order valence-electron chi connectivity index (χ0n) is 8.66. The molecule has 0 unspecified atom stereocenters. The molecule has 13 heavy (non-hydrogen) atoms. The number of hydrogen-bond donors (Lipinski definition) is 1. The zero-order chi connectivity index (χ0) is 10.2. The molecule has 2 heteroatoms. The van der Waals surface area contributed by atoms with Crippen molar-refractivity contribution in [3.63, 3.8) is 0 Å². The van der Waals surface area contributed by atoms with Gasteiger partial charge in [-0.25, -0.2) is 0 Å². The molecule has 0 aromatic heterocycles. The van der Waals surface area contributed by atoms with E-state index in [1.807, 2.05) is 0 Å². The standard InChI is InChI=1S/C11H16IN/c1-5-9-6(2)7(3)10(12)8(4)11(9)13/h5,13H2,1-4H3. The first-order valence-corrected chi connectivity index (χ1v) is 5.62. The van der Waals surface area contributed by atoms with Crippen molar-refractivity contribution < 1.29 is 0 Å². The average Bonchev–Trinajstić information content (AvgIpc) is 2.13. The smallest absolute Gasteiger partial charge is 0.0389 e. The lowest BCUT2D eigenvalue weighted by Gasteiger charge is -2.15. The zero-order valence-corrected chi connectivity index (χ0v) is 10.8. The first kappa shape index (κ1) is 10.8. The lowest BCUT2D eigenvalue weighted by Crippen LogP contribution is -2.04. The number of halogens is 1. The highest BCUT2D eigenvalue weighted by atomic mass is 127. The third kappa shape index (κ3) is 1.68. The fourth-order valence-corrected chi connectivity index (χ4v) is 2.37. The van der Waals surface area contributed by atoms with E-state index < -0.39 is 0 Å². The molecule has 0 aliphatic carbocycles. The third-order valence-corrected chi connectivity index (χ3v) is 4.37. The third-order valence-electron chi connectivity index (χ3n) is 2.76. The Morgan fingerprint density at radius 2 is 1.62 bits per heavy atom. The van der Waals surface area contributed by atoms with Crippen molar-refractivity contribution in [1.82, 2.24) is 0 Å². The summed E-state index contributed by atoms with van der Waals surface area (Å²) in [6, 6.07) is 0. The van der Waals surface area contributed by atoms with E-state index in [-0.39, 0.29) is 0 Å². The molecule has 0 radical (unpaired) electrons. The molecule has 0 aliphatic rings. The van der Waals surface area contributed by atoms with Crippen LogP contribution in [-0.2, 0) is 6.42 Å². The van der Waals surface area contributed by atoms with Crippen molar-refractivity contribution in [2.75, 3.05) is 5.73 Å². The highest BCUT2D eigenvalue weighted by Gasteiger charge is 2.11. The molecule has 0 heterocycles. The molecular formula is C11H16IN. The molecule has 2 N–H and O–H groups in total. The van der Waals surface area contributed by atoms with Crippen LogP contribution < -0.4 is 5.73 Å². The van der Waals surface area contributed by atoms with Crippen LogP contribution >= 0.6 is 22.6 Å². The molecule has 0 bridgehead atoms. The summed E-state index contributed by atoms with van der Waals surface area (Å²) in [5.41, 5.74) is 12.3. The SMILES string of the molecule is CCc1c(C)c(C)c(I)c(C)c1N. The normalized spacial score (nSPS) is 10.5. The van der Waals surface area contributed by atoms with Crippen molar-refractivity contribution in [2.24, 2.45) is 0 Å². The molecule has 1 aromatic rings. The van der Waals surface area contributed by atoms with Crippen molar-refractivity contribution in [3.8, 4) is 0 Å². The predicted octanol–water partition coefficient (Wildman–Crippen LogP) is 3.36. The van der Waals surface area contributed by atoms with Crippen molar-refractivity contribution in [3.05, 3.63) is 25.8 Å². The monoisotopic (exact) mass is 289 g/mol. The quantitative estimate of drug-likeness (QED) is 0.622. The van der Waals surface area contributed by atoms with Gasteiger partial charge in [-0.15, -0.1) is 0 Å². The van der Waals surface area contributed by atoms with Crippen LogP contribution in [0.15, 0.2) is 0 Å². The Hall–Kier alpha value is -0.250. The van der Waals surface area contributed by atoms with Crippen molar-refractivity contribution in [2.45, 2.75) is 34.1 Å². The second kappa shape index (κ2) is 3.86. The summed E-state index contributed by atoms with van der Waals surface area (Å²) in [5, 5.41) is 0. The molecule has 0 saturated heterocycles. The molecule has 0 atom stereocenters. The largest absolute Gasteiger partial charge is 0.398 e. The van der Waals surface area contributed by atoms with E-state index in [0.29, 0.717) is 0 Å². The average molecular weight is 289 g/mol. The van der Waals surface area contributed by atoms with E-state index >= 15 is 0 Å². The topological polar surface area (TPSA) is 26.0 Å². The number of benzene rings is 1. The van der Waals surface area contributed by atoms with E-state index in [4.69, 9.17) is 5.73 Å². The Morgan fingerprint density at radius 1 is 1.08 bits per heavy atom. The Balaban J connectivity index is 3.56. The molecule has 0 aliphatic heterocycles. The van der Waals surface area contributed by atoms with E-state index in [9.17, 15) is 0 Å². The van der Waals surface area contributed by atoms with Gasteiger partial charge in [-0.3, -0.25) is 0 Å². The summed E-state index contributed by atoms with van der Waals surface area (Å²) in [4.78, 5) is 0. The van der Waals surface area contributed by atoms with Gasteiger partial charge >= 0.3 is 0 Å². The van der Waals surface area contributed by atoms with E-state index in [1.165, 1.54) is 25.8 Å².